The monoisotopic (exact) mass is 409 g/mol. The van der Waals surface area contributed by atoms with E-state index in [0.717, 1.165) is 22.2 Å². The first kappa shape index (κ1) is 20.1. The lowest BCUT2D eigenvalue weighted by Gasteiger charge is -2.32. The largest absolute Gasteiger partial charge is 0.508 e. The number of hydrogen-bond acceptors (Lipinski definition) is 4. The van der Waals surface area contributed by atoms with Crippen LogP contribution < -0.4 is 4.74 Å². The number of aromatic hydroxyl groups is 1. The lowest BCUT2D eigenvalue weighted by Crippen LogP contribution is -2.38. The highest BCUT2D eigenvalue weighted by Crippen LogP contribution is 2.42. The van der Waals surface area contributed by atoms with Gasteiger partial charge in [-0.25, -0.2) is 9.37 Å². The summed E-state index contributed by atoms with van der Waals surface area (Å²) in [4.78, 5) is 15.9. The molecule has 3 aromatic rings. The zero-order valence-corrected chi connectivity index (χ0v) is 17.1. The molecule has 2 N–H and O–H groups in total. The molecule has 1 fully saturated rings. The molecule has 5 nitrogen and oxygen atoms in total. The molecule has 2 aromatic carbocycles. The first-order valence-electron chi connectivity index (χ1n) is 10.1. The summed E-state index contributed by atoms with van der Waals surface area (Å²) in [6.07, 6.45) is 0.656. The summed E-state index contributed by atoms with van der Waals surface area (Å²) < 4.78 is 19.9. The minimum atomic E-state index is -0.810. The van der Waals surface area contributed by atoms with Crippen molar-refractivity contribution in [1.29, 1.82) is 0 Å². The highest BCUT2D eigenvalue weighted by molar-refractivity contribution is 6.01. The standard InChI is InChI=1S/C24H24FNO4/c1-12(2)22-21(14-4-7-20(25)13(3)8-14)18-6-5-16(27)11-19(18)23(26-22)30-17-9-15(10-17)24(28)29/h4-8,11-12,15,17,27H,9-10H2,1-3H3,(H,28,29). The van der Waals surface area contributed by atoms with E-state index in [1.807, 2.05) is 19.9 Å². The molecule has 4 rings (SSSR count). The molecule has 0 bridgehead atoms. The molecule has 0 aliphatic heterocycles. The normalized spacial score (nSPS) is 18.4. The zero-order valence-electron chi connectivity index (χ0n) is 17.1. The van der Waals surface area contributed by atoms with Crippen LogP contribution in [0.1, 0.15) is 43.9 Å². The number of nitrogens with zero attached hydrogens (tertiary/aromatic N) is 1. The maximum atomic E-state index is 13.9. The lowest BCUT2D eigenvalue weighted by atomic mass is 9.82. The van der Waals surface area contributed by atoms with E-state index in [1.165, 1.54) is 6.07 Å². The number of carboxylic acid groups (broad SMARTS) is 1. The van der Waals surface area contributed by atoms with E-state index in [0.29, 0.717) is 29.7 Å². The van der Waals surface area contributed by atoms with Crippen molar-refractivity contribution in [3.8, 4) is 22.8 Å². The van der Waals surface area contributed by atoms with Gasteiger partial charge in [0.25, 0.3) is 0 Å². The van der Waals surface area contributed by atoms with Gasteiger partial charge < -0.3 is 14.9 Å². The predicted molar refractivity (Wildman–Crippen MR) is 112 cm³/mol. The Bertz CT molecular complexity index is 1140. The molecule has 1 aromatic heterocycles. The summed E-state index contributed by atoms with van der Waals surface area (Å²) in [6, 6.07) is 10.0. The summed E-state index contributed by atoms with van der Waals surface area (Å²) in [6.45, 7) is 5.78. The average molecular weight is 409 g/mol. The van der Waals surface area contributed by atoms with Gasteiger partial charge in [-0.15, -0.1) is 0 Å². The molecule has 0 saturated heterocycles. The Morgan fingerprint density at radius 3 is 2.53 bits per heavy atom. The van der Waals surface area contributed by atoms with Crippen molar-refractivity contribution in [2.45, 2.75) is 45.6 Å². The van der Waals surface area contributed by atoms with Crippen LogP contribution in [0.25, 0.3) is 21.9 Å². The number of fused-ring (bicyclic) bond motifs is 1. The van der Waals surface area contributed by atoms with Gasteiger partial charge in [0.2, 0.25) is 5.88 Å². The topological polar surface area (TPSA) is 79.7 Å². The molecule has 0 radical (unpaired) electrons. The van der Waals surface area contributed by atoms with Gasteiger partial charge in [0.05, 0.1) is 11.6 Å². The minimum absolute atomic E-state index is 0.0686. The van der Waals surface area contributed by atoms with Crippen LogP contribution in [0, 0.1) is 18.7 Å². The number of carbonyl (C=O) groups is 1. The Balaban J connectivity index is 1.87. The van der Waals surface area contributed by atoms with Crippen molar-refractivity contribution in [2.75, 3.05) is 0 Å². The summed E-state index contributed by atoms with van der Waals surface area (Å²) in [5.74, 6) is -0.918. The van der Waals surface area contributed by atoms with E-state index in [2.05, 4.69) is 0 Å². The van der Waals surface area contributed by atoms with Gasteiger partial charge in [-0.3, -0.25) is 4.79 Å². The highest BCUT2D eigenvalue weighted by atomic mass is 19.1. The third-order valence-corrected chi connectivity index (χ3v) is 5.70. The Morgan fingerprint density at radius 1 is 1.17 bits per heavy atom. The number of ether oxygens (including phenoxy) is 1. The number of hydrogen-bond donors (Lipinski definition) is 2. The number of phenolic OH excluding ortho intramolecular Hbond substituents is 1. The van der Waals surface area contributed by atoms with Crippen molar-refractivity contribution >= 4 is 16.7 Å². The number of carboxylic acids is 1. The smallest absolute Gasteiger partial charge is 0.306 e. The van der Waals surface area contributed by atoms with Crippen molar-refractivity contribution in [3.63, 3.8) is 0 Å². The second-order valence-corrected chi connectivity index (χ2v) is 8.27. The van der Waals surface area contributed by atoms with Crippen LogP contribution in [0.5, 0.6) is 11.6 Å². The second kappa shape index (κ2) is 7.59. The quantitative estimate of drug-likeness (QED) is 0.588. The number of phenols is 1. The minimum Gasteiger partial charge on any atom is -0.508 e. The van der Waals surface area contributed by atoms with Crippen molar-refractivity contribution < 1.29 is 24.1 Å². The fourth-order valence-electron chi connectivity index (χ4n) is 3.92. The number of halogens is 1. The molecule has 1 aliphatic rings. The molecule has 30 heavy (non-hydrogen) atoms. The first-order chi connectivity index (χ1) is 14.2. The van der Waals surface area contributed by atoms with Crippen LogP contribution in [0.15, 0.2) is 36.4 Å². The Morgan fingerprint density at radius 2 is 1.90 bits per heavy atom. The van der Waals surface area contributed by atoms with Crippen LogP contribution in [-0.4, -0.2) is 27.3 Å². The van der Waals surface area contributed by atoms with Gasteiger partial charge in [-0.2, -0.15) is 0 Å². The van der Waals surface area contributed by atoms with Gasteiger partial charge in [-0.05, 0) is 72.5 Å². The summed E-state index contributed by atoms with van der Waals surface area (Å²) in [5, 5.41) is 20.7. The molecular weight excluding hydrogens is 385 g/mol. The molecule has 156 valence electrons. The molecule has 0 amide bonds. The van der Waals surface area contributed by atoms with Crippen molar-refractivity contribution in [2.24, 2.45) is 5.92 Å². The molecule has 0 spiro atoms. The summed E-state index contributed by atoms with van der Waals surface area (Å²) >= 11 is 0. The molecular formula is C24H24FNO4. The Kier molecular flexibility index (Phi) is 5.10. The highest BCUT2D eigenvalue weighted by Gasteiger charge is 2.36. The predicted octanol–water partition coefficient (Wildman–Crippen LogP) is 5.42. The van der Waals surface area contributed by atoms with Crippen LogP contribution in [0.4, 0.5) is 4.39 Å². The van der Waals surface area contributed by atoms with Crippen LogP contribution in [0.2, 0.25) is 0 Å². The van der Waals surface area contributed by atoms with E-state index >= 15 is 0 Å². The second-order valence-electron chi connectivity index (χ2n) is 8.27. The number of rotatable bonds is 5. The number of pyridine rings is 1. The molecule has 1 heterocycles. The SMILES string of the molecule is Cc1cc(-c2c(C(C)C)nc(OC3CC(C(=O)O)C3)c3cc(O)ccc23)ccc1F. The number of benzene rings is 2. The summed E-state index contributed by atoms with van der Waals surface area (Å²) in [5.41, 5.74) is 3.08. The van der Waals surface area contributed by atoms with E-state index in [1.54, 1.807) is 31.2 Å². The van der Waals surface area contributed by atoms with Crippen molar-refractivity contribution in [3.05, 3.63) is 53.5 Å². The lowest BCUT2D eigenvalue weighted by molar-refractivity contribution is -0.148. The van der Waals surface area contributed by atoms with Crippen molar-refractivity contribution in [1.82, 2.24) is 4.98 Å². The third-order valence-electron chi connectivity index (χ3n) is 5.70. The maximum Gasteiger partial charge on any atom is 0.306 e. The molecule has 1 aliphatic carbocycles. The molecule has 1 saturated carbocycles. The van der Waals surface area contributed by atoms with E-state index in [-0.39, 0.29) is 29.5 Å². The van der Waals surface area contributed by atoms with E-state index in [4.69, 9.17) is 14.8 Å². The van der Waals surface area contributed by atoms with Crippen LogP contribution in [0.3, 0.4) is 0 Å². The summed E-state index contributed by atoms with van der Waals surface area (Å²) in [7, 11) is 0. The van der Waals surface area contributed by atoms with Gasteiger partial charge in [0, 0.05) is 10.9 Å². The third kappa shape index (κ3) is 3.58. The van der Waals surface area contributed by atoms with Crippen LogP contribution >= 0.6 is 0 Å². The fraction of sp³-hybridized carbons (Fsp3) is 0.333. The van der Waals surface area contributed by atoms with Gasteiger partial charge in [0.1, 0.15) is 17.7 Å². The van der Waals surface area contributed by atoms with Gasteiger partial charge in [0.15, 0.2) is 0 Å². The molecule has 0 unspecified atom stereocenters. The van der Waals surface area contributed by atoms with Gasteiger partial charge in [-0.1, -0.05) is 19.9 Å². The number of aryl methyl sites for hydroxylation is 1. The first-order valence-corrected chi connectivity index (χ1v) is 10.1. The van der Waals surface area contributed by atoms with Crippen LogP contribution in [-0.2, 0) is 4.79 Å². The molecule has 6 heteroatoms. The number of aromatic nitrogens is 1. The Hall–Kier alpha value is -3.15. The Labute approximate surface area is 174 Å². The molecule has 0 atom stereocenters. The average Bonchev–Trinajstić information content (AvgIpc) is 2.65. The zero-order chi connectivity index (χ0) is 21.6. The van der Waals surface area contributed by atoms with E-state index < -0.39 is 5.97 Å². The maximum absolute atomic E-state index is 13.9. The van der Waals surface area contributed by atoms with E-state index in [9.17, 15) is 14.3 Å². The van der Waals surface area contributed by atoms with Gasteiger partial charge >= 0.3 is 5.97 Å². The fourth-order valence-corrected chi connectivity index (χ4v) is 3.92. The number of aliphatic carboxylic acids is 1.